The van der Waals surface area contributed by atoms with Gasteiger partial charge in [0.25, 0.3) is 0 Å². The summed E-state index contributed by atoms with van der Waals surface area (Å²) >= 11 is 0. The summed E-state index contributed by atoms with van der Waals surface area (Å²) in [6.45, 7) is 0. The molecule has 0 aromatic heterocycles. The molecule has 1 aromatic carbocycles. The number of rotatable bonds is 2. The molecule has 0 unspecified atom stereocenters. The number of aldehydes is 2. The molecular weight excluding hydrogens is 163 g/mol. The lowest BCUT2D eigenvalue weighted by Crippen LogP contribution is -1.90. The summed E-state index contributed by atoms with van der Waals surface area (Å²) < 4.78 is 12.4. The quantitative estimate of drug-likeness (QED) is 0.611. The van der Waals surface area contributed by atoms with E-state index >= 15 is 0 Å². The fraction of sp³-hybridized carbons (Fsp3) is 0. The van der Waals surface area contributed by atoms with Crippen LogP contribution in [0.15, 0.2) is 18.2 Å². The van der Waals surface area contributed by atoms with Crippen LogP contribution in [-0.2, 0) is 0 Å². The van der Waals surface area contributed by atoms with E-state index < -0.39 is 5.82 Å². The lowest BCUT2D eigenvalue weighted by atomic mass is 10.1. The Hall–Kier alpha value is -1.55. The molecule has 0 saturated carbocycles. The van der Waals surface area contributed by atoms with Crippen molar-refractivity contribution in [2.24, 2.45) is 0 Å². The van der Waals surface area contributed by atoms with Crippen LogP contribution in [0.4, 0.5) is 4.39 Å². The van der Waals surface area contributed by atoms with E-state index in [2.05, 4.69) is 0 Å². The molecule has 0 heterocycles. The molecule has 0 spiro atoms. The zero-order valence-electron chi connectivity index (χ0n) is 6.08. The molecule has 0 saturated heterocycles. The van der Waals surface area contributed by atoms with Gasteiger partial charge in [-0.15, -0.1) is 0 Å². The smallest absolute Gasteiger partial charge is 0.150 e. The highest BCUT2D eigenvalue weighted by molar-refractivity contribution is 5.90. The molecule has 1 rings (SSSR count). The van der Waals surface area contributed by atoms with Gasteiger partial charge in [0.05, 0.1) is 0 Å². The van der Waals surface area contributed by atoms with Crippen LogP contribution in [0.25, 0.3) is 0 Å². The molecule has 3 nitrogen and oxygen atoms in total. The second-order valence-electron chi connectivity index (χ2n) is 2.01. The number of carbonyl (C=O) groups excluding carboxylic acids is 2. The first kappa shape index (κ1) is 10.5. The normalized spacial score (nSPS) is 8.42. The SMILES string of the molecule is O.O=Cc1ccc(F)cc1C=O. The van der Waals surface area contributed by atoms with Gasteiger partial charge in [-0.25, -0.2) is 4.39 Å². The number of hydrogen-bond acceptors (Lipinski definition) is 2. The van der Waals surface area contributed by atoms with E-state index in [1.54, 1.807) is 0 Å². The number of benzene rings is 1. The van der Waals surface area contributed by atoms with Gasteiger partial charge < -0.3 is 5.48 Å². The van der Waals surface area contributed by atoms with Crippen molar-refractivity contribution in [2.45, 2.75) is 0 Å². The molecule has 0 bridgehead atoms. The van der Waals surface area contributed by atoms with Gasteiger partial charge in [-0.2, -0.15) is 0 Å². The van der Waals surface area contributed by atoms with Crippen molar-refractivity contribution in [1.82, 2.24) is 0 Å². The summed E-state index contributed by atoms with van der Waals surface area (Å²) in [7, 11) is 0. The second-order valence-corrected chi connectivity index (χ2v) is 2.01. The van der Waals surface area contributed by atoms with Crippen LogP contribution in [0.1, 0.15) is 20.7 Å². The Morgan fingerprint density at radius 2 is 1.67 bits per heavy atom. The zero-order valence-corrected chi connectivity index (χ0v) is 6.08. The van der Waals surface area contributed by atoms with E-state index in [0.29, 0.717) is 12.6 Å². The van der Waals surface area contributed by atoms with E-state index in [1.165, 1.54) is 6.07 Å². The molecule has 0 fully saturated rings. The Kier molecular flexibility index (Phi) is 3.79. The average molecular weight is 170 g/mol. The minimum atomic E-state index is -0.516. The van der Waals surface area contributed by atoms with E-state index in [1.807, 2.05) is 0 Å². The van der Waals surface area contributed by atoms with Crippen LogP contribution in [0.2, 0.25) is 0 Å². The third kappa shape index (κ3) is 1.96. The fourth-order valence-electron chi connectivity index (χ4n) is 0.755. The van der Waals surface area contributed by atoms with Crippen molar-refractivity contribution in [3.05, 3.63) is 35.1 Å². The largest absolute Gasteiger partial charge is 0.412 e. The highest BCUT2D eigenvalue weighted by Crippen LogP contribution is 2.06. The van der Waals surface area contributed by atoms with Gasteiger partial charge in [0.15, 0.2) is 12.6 Å². The molecular formula is C8H7FO3. The Labute approximate surface area is 68.1 Å². The summed E-state index contributed by atoms with van der Waals surface area (Å²) in [6, 6.07) is 3.43. The van der Waals surface area contributed by atoms with E-state index in [-0.39, 0.29) is 16.6 Å². The van der Waals surface area contributed by atoms with E-state index in [0.717, 1.165) is 12.1 Å². The molecule has 64 valence electrons. The van der Waals surface area contributed by atoms with Crippen molar-refractivity contribution in [3.8, 4) is 0 Å². The third-order valence-electron chi connectivity index (χ3n) is 1.30. The Morgan fingerprint density at radius 1 is 1.08 bits per heavy atom. The predicted molar refractivity (Wildman–Crippen MR) is 40.8 cm³/mol. The number of hydrogen-bond donors (Lipinski definition) is 0. The first-order valence-corrected chi connectivity index (χ1v) is 2.98. The van der Waals surface area contributed by atoms with Gasteiger partial charge in [-0.05, 0) is 18.2 Å². The highest BCUT2D eigenvalue weighted by atomic mass is 19.1. The molecule has 1 aromatic rings. The number of carbonyl (C=O) groups is 2. The molecule has 12 heavy (non-hydrogen) atoms. The fourth-order valence-corrected chi connectivity index (χ4v) is 0.755. The van der Waals surface area contributed by atoms with Gasteiger partial charge in [0, 0.05) is 11.1 Å². The lowest BCUT2D eigenvalue weighted by molar-refractivity contribution is 0.109. The molecule has 2 N–H and O–H groups in total. The minimum Gasteiger partial charge on any atom is -0.412 e. The van der Waals surface area contributed by atoms with Crippen molar-refractivity contribution in [3.63, 3.8) is 0 Å². The Morgan fingerprint density at radius 3 is 2.17 bits per heavy atom. The van der Waals surface area contributed by atoms with E-state index in [4.69, 9.17) is 0 Å². The van der Waals surface area contributed by atoms with Crippen LogP contribution in [-0.4, -0.2) is 18.0 Å². The Balaban J connectivity index is 0.00000121. The molecule has 0 radical (unpaired) electrons. The molecule has 4 heteroatoms. The average Bonchev–Trinajstić information content (AvgIpc) is 2.04. The molecule has 0 aliphatic rings. The van der Waals surface area contributed by atoms with Gasteiger partial charge in [-0.1, -0.05) is 0 Å². The minimum absolute atomic E-state index is 0. The third-order valence-corrected chi connectivity index (χ3v) is 1.30. The van der Waals surface area contributed by atoms with Gasteiger partial charge in [0.2, 0.25) is 0 Å². The maximum atomic E-state index is 12.4. The van der Waals surface area contributed by atoms with Crippen LogP contribution in [0, 0.1) is 5.82 Å². The number of halogens is 1. The summed E-state index contributed by atoms with van der Waals surface area (Å²) in [4.78, 5) is 20.4. The Bertz CT molecular complexity index is 296. The molecule has 0 aliphatic heterocycles. The van der Waals surface area contributed by atoms with Crippen LogP contribution >= 0.6 is 0 Å². The molecule has 0 aliphatic carbocycles. The zero-order chi connectivity index (χ0) is 8.27. The van der Waals surface area contributed by atoms with Crippen LogP contribution < -0.4 is 0 Å². The van der Waals surface area contributed by atoms with Crippen molar-refractivity contribution in [1.29, 1.82) is 0 Å². The highest BCUT2D eigenvalue weighted by Gasteiger charge is 2.00. The van der Waals surface area contributed by atoms with Crippen LogP contribution in [0.5, 0.6) is 0 Å². The van der Waals surface area contributed by atoms with Crippen molar-refractivity contribution >= 4 is 12.6 Å². The first-order chi connectivity index (χ1) is 5.27. The summed E-state index contributed by atoms with van der Waals surface area (Å²) in [5, 5.41) is 0. The van der Waals surface area contributed by atoms with Crippen molar-refractivity contribution in [2.75, 3.05) is 0 Å². The maximum absolute atomic E-state index is 12.4. The van der Waals surface area contributed by atoms with Gasteiger partial charge in [-0.3, -0.25) is 9.59 Å². The first-order valence-electron chi connectivity index (χ1n) is 2.98. The predicted octanol–water partition coefficient (Wildman–Crippen LogP) is 0.626. The topological polar surface area (TPSA) is 65.6 Å². The monoisotopic (exact) mass is 170 g/mol. The van der Waals surface area contributed by atoms with Crippen LogP contribution in [0.3, 0.4) is 0 Å². The molecule has 0 atom stereocenters. The molecule has 0 amide bonds. The summed E-state index contributed by atoms with van der Waals surface area (Å²) in [5.74, 6) is -0.516. The summed E-state index contributed by atoms with van der Waals surface area (Å²) in [5.41, 5.74) is 0.293. The van der Waals surface area contributed by atoms with E-state index in [9.17, 15) is 14.0 Å². The standard InChI is InChI=1S/C8H5FO2.H2O/c9-8-2-1-6(4-10)7(3-8)5-11;/h1-5H;1H2. The van der Waals surface area contributed by atoms with Gasteiger partial charge in [0.1, 0.15) is 5.82 Å². The summed E-state index contributed by atoms with van der Waals surface area (Å²) in [6.07, 6.45) is 0.968. The second kappa shape index (κ2) is 4.35. The lowest BCUT2D eigenvalue weighted by Gasteiger charge is -1.94. The van der Waals surface area contributed by atoms with Gasteiger partial charge >= 0.3 is 0 Å². The maximum Gasteiger partial charge on any atom is 0.150 e. The van der Waals surface area contributed by atoms with Crippen molar-refractivity contribution < 1.29 is 19.5 Å².